The first kappa shape index (κ1) is 13.2. The monoisotopic (exact) mass is 221 g/mol. The summed E-state index contributed by atoms with van der Waals surface area (Å²) in [4.78, 5) is 2.43. The molecule has 1 rings (SSSR count). The smallest absolute Gasteiger partial charge is 0.0589 e. The van der Waals surface area contributed by atoms with Gasteiger partial charge in [-0.3, -0.25) is 4.90 Å². The highest BCUT2D eigenvalue weighted by Gasteiger charge is 2.09. The predicted octanol–water partition coefficient (Wildman–Crippen LogP) is 2.85. The number of methoxy groups -OCH3 is 1. The van der Waals surface area contributed by atoms with Gasteiger partial charge < -0.3 is 4.74 Å². The van der Waals surface area contributed by atoms with Gasteiger partial charge in [0, 0.05) is 26.2 Å². The molecule has 0 aliphatic carbocycles. The quantitative estimate of drug-likeness (QED) is 0.732. The number of benzene rings is 1. The van der Waals surface area contributed by atoms with Crippen molar-refractivity contribution in [3.05, 3.63) is 35.4 Å². The average Bonchev–Trinajstić information content (AvgIpc) is 2.24. The van der Waals surface area contributed by atoms with E-state index in [1.807, 2.05) is 0 Å². The van der Waals surface area contributed by atoms with Crippen LogP contribution in [-0.2, 0) is 11.3 Å². The first-order valence-electron chi connectivity index (χ1n) is 5.92. The van der Waals surface area contributed by atoms with Crippen LogP contribution < -0.4 is 0 Å². The lowest BCUT2D eigenvalue weighted by molar-refractivity contribution is 0.125. The molecule has 0 saturated carbocycles. The fourth-order valence-electron chi connectivity index (χ4n) is 1.77. The number of rotatable bonds is 6. The molecule has 0 heterocycles. The Kier molecular flexibility index (Phi) is 5.50. The van der Waals surface area contributed by atoms with E-state index in [1.165, 1.54) is 11.1 Å². The summed E-state index contributed by atoms with van der Waals surface area (Å²) in [5.41, 5.74) is 2.71. The van der Waals surface area contributed by atoms with E-state index in [-0.39, 0.29) is 0 Å². The standard InChI is InChI=1S/C14H23NO/c1-12(2)15(8-9-16-4)11-14-7-5-6-13(3)10-14/h5-7,10,12H,8-9,11H2,1-4H3. The topological polar surface area (TPSA) is 12.5 Å². The van der Waals surface area contributed by atoms with Crippen molar-refractivity contribution < 1.29 is 4.74 Å². The zero-order chi connectivity index (χ0) is 12.0. The third-order valence-corrected chi connectivity index (χ3v) is 2.78. The van der Waals surface area contributed by atoms with Gasteiger partial charge in [0.1, 0.15) is 0 Å². The van der Waals surface area contributed by atoms with Crippen LogP contribution in [0.4, 0.5) is 0 Å². The zero-order valence-corrected chi connectivity index (χ0v) is 10.9. The SMILES string of the molecule is COCCN(Cc1cccc(C)c1)C(C)C. The molecule has 0 bridgehead atoms. The van der Waals surface area contributed by atoms with Crippen molar-refractivity contribution in [1.82, 2.24) is 4.90 Å². The molecule has 0 N–H and O–H groups in total. The maximum atomic E-state index is 5.14. The molecule has 0 spiro atoms. The highest BCUT2D eigenvalue weighted by atomic mass is 16.5. The van der Waals surface area contributed by atoms with Crippen molar-refractivity contribution >= 4 is 0 Å². The van der Waals surface area contributed by atoms with Crippen LogP contribution in [0.3, 0.4) is 0 Å². The fraction of sp³-hybridized carbons (Fsp3) is 0.571. The van der Waals surface area contributed by atoms with Crippen LogP contribution in [0, 0.1) is 6.92 Å². The van der Waals surface area contributed by atoms with E-state index in [2.05, 4.69) is 49.9 Å². The van der Waals surface area contributed by atoms with Gasteiger partial charge in [0.05, 0.1) is 6.61 Å². The Bertz CT molecular complexity index is 309. The molecule has 0 radical (unpaired) electrons. The average molecular weight is 221 g/mol. The largest absolute Gasteiger partial charge is 0.383 e. The molecular formula is C14H23NO. The van der Waals surface area contributed by atoms with Crippen LogP contribution in [0.15, 0.2) is 24.3 Å². The Morgan fingerprint density at radius 1 is 1.31 bits per heavy atom. The summed E-state index contributed by atoms with van der Waals surface area (Å²) in [7, 11) is 1.76. The minimum Gasteiger partial charge on any atom is -0.383 e. The van der Waals surface area contributed by atoms with E-state index in [4.69, 9.17) is 4.74 Å². The van der Waals surface area contributed by atoms with Crippen molar-refractivity contribution in [3.63, 3.8) is 0 Å². The minimum atomic E-state index is 0.552. The lowest BCUT2D eigenvalue weighted by Gasteiger charge is -2.26. The van der Waals surface area contributed by atoms with Crippen LogP contribution in [0.1, 0.15) is 25.0 Å². The van der Waals surface area contributed by atoms with Gasteiger partial charge in [0.15, 0.2) is 0 Å². The van der Waals surface area contributed by atoms with Crippen LogP contribution in [0.5, 0.6) is 0 Å². The fourth-order valence-corrected chi connectivity index (χ4v) is 1.77. The first-order chi connectivity index (χ1) is 7.63. The summed E-state index contributed by atoms with van der Waals surface area (Å²) in [5.74, 6) is 0. The number of nitrogens with zero attached hydrogens (tertiary/aromatic N) is 1. The maximum Gasteiger partial charge on any atom is 0.0589 e. The summed E-state index contributed by atoms with van der Waals surface area (Å²) >= 11 is 0. The minimum absolute atomic E-state index is 0.552. The first-order valence-corrected chi connectivity index (χ1v) is 5.92. The molecule has 0 aromatic heterocycles. The summed E-state index contributed by atoms with van der Waals surface area (Å²) in [6.07, 6.45) is 0. The van der Waals surface area contributed by atoms with Gasteiger partial charge >= 0.3 is 0 Å². The number of ether oxygens (including phenoxy) is 1. The molecule has 0 atom stereocenters. The van der Waals surface area contributed by atoms with E-state index < -0.39 is 0 Å². The van der Waals surface area contributed by atoms with E-state index in [1.54, 1.807) is 7.11 Å². The van der Waals surface area contributed by atoms with Gasteiger partial charge in [0.25, 0.3) is 0 Å². The second-order valence-corrected chi connectivity index (χ2v) is 4.55. The van der Waals surface area contributed by atoms with Crippen LogP contribution in [0.25, 0.3) is 0 Å². The summed E-state index contributed by atoms with van der Waals surface area (Å²) in [6, 6.07) is 9.26. The molecule has 1 aromatic rings. The predicted molar refractivity (Wildman–Crippen MR) is 68.6 cm³/mol. The molecular weight excluding hydrogens is 198 g/mol. The molecule has 0 aliphatic rings. The Morgan fingerprint density at radius 3 is 2.62 bits per heavy atom. The van der Waals surface area contributed by atoms with E-state index >= 15 is 0 Å². The lowest BCUT2D eigenvalue weighted by atomic mass is 10.1. The molecule has 0 unspecified atom stereocenters. The van der Waals surface area contributed by atoms with Gasteiger partial charge in [-0.1, -0.05) is 29.8 Å². The van der Waals surface area contributed by atoms with Crippen molar-refractivity contribution in [2.24, 2.45) is 0 Å². The van der Waals surface area contributed by atoms with Crippen molar-refractivity contribution in [3.8, 4) is 0 Å². The van der Waals surface area contributed by atoms with Crippen molar-refractivity contribution in [2.45, 2.75) is 33.4 Å². The molecule has 90 valence electrons. The summed E-state index contributed by atoms with van der Waals surface area (Å²) < 4.78 is 5.14. The molecule has 1 aromatic carbocycles. The second kappa shape index (κ2) is 6.66. The third-order valence-electron chi connectivity index (χ3n) is 2.78. The van der Waals surface area contributed by atoms with E-state index in [0.717, 1.165) is 19.7 Å². The Morgan fingerprint density at radius 2 is 2.06 bits per heavy atom. The van der Waals surface area contributed by atoms with Gasteiger partial charge in [-0.2, -0.15) is 0 Å². The van der Waals surface area contributed by atoms with Crippen molar-refractivity contribution in [1.29, 1.82) is 0 Å². The van der Waals surface area contributed by atoms with Gasteiger partial charge in [-0.05, 0) is 26.3 Å². The molecule has 16 heavy (non-hydrogen) atoms. The Labute approximate surface area is 99.2 Å². The van der Waals surface area contributed by atoms with E-state index in [9.17, 15) is 0 Å². The van der Waals surface area contributed by atoms with Crippen molar-refractivity contribution in [2.75, 3.05) is 20.3 Å². The molecule has 2 heteroatoms. The molecule has 0 saturated heterocycles. The van der Waals surface area contributed by atoms with Crippen LogP contribution >= 0.6 is 0 Å². The number of hydrogen-bond donors (Lipinski definition) is 0. The van der Waals surface area contributed by atoms with Gasteiger partial charge in [-0.15, -0.1) is 0 Å². The molecule has 0 aliphatic heterocycles. The Balaban J connectivity index is 2.60. The lowest BCUT2D eigenvalue weighted by Crippen LogP contribution is -2.33. The normalized spacial score (nSPS) is 11.4. The maximum absolute atomic E-state index is 5.14. The number of aryl methyl sites for hydroxylation is 1. The number of hydrogen-bond acceptors (Lipinski definition) is 2. The summed E-state index contributed by atoms with van der Waals surface area (Å²) in [5, 5.41) is 0. The molecule has 0 fully saturated rings. The van der Waals surface area contributed by atoms with E-state index in [0.29, 0.717) is 6.04 Å². The highest BCUT2D eigenvalue weighted by molar-refractivity contribution is 5.22. The third kappa shape index (κ3) is 4.33. The zero-order valence-electron chi connectivity index (χ0n) is 10.9. The van der Waals surface area contributed by atoms with Gasteiger partial charge in [0.2, 0.25) is 0 Å². The molecule has 0 amide bonds. The van der Waals surface area contributed by atoms with Gasteiger partial charge in [-0.25, -0.2) is 0 Å². The highest BCUT2D eigenvalue weighted by Crippen LogP contribution is 2.09. The van der Waals surface area contributed by atoms with Crippen LogP contribution in [0.2, 0.25) is 0 Å². The van der Waals surface area contributed by atoms with Crippen LogP contribution in [-0.4, -0.2) is 31.2 Å². The summed E-state index contributed by atoms with van der Waals surface area (Å²) in [6.45, 7) is 9.38. The Hall–Kier alpha value is -0.860. The second-order valence-electron chi connectivity index (χ2n) is 4.55. The molecule has 2 nitrogen and oxygen atoms in total.